The monoisotopic (exact) mass is 320 g/mol. The van der Waals surface area contributed by atoms with Gasteiger partial charge >= 0.3 is 0 Å². The molecule has 1 aromatic rings. The molecule has 2 aliphatic rings. The summed E-state index contributed by atoms with van der Waals surface area (Å²) in [4.78, 5) is 16.9. The fourth-order valence-corrected chi connectivity index (χ4v) is 5.26. The smallest absolute Gasteiger partial charge is 0.234 e. The van der Waals surface area contributed by atoms with Crippen molar-refractivity contribution in [3.05, 3.63) is 22.4 Å². The highest BCUT2D eigenvalue weighted by Crippen LogP contribution is 2.43. The average molecular weight is 321 g/mol. The topological polar surface area (TPSA) is 32.3 Å². The van der Waals surface area contributed by atoms with Gasteiger partial charge in [0.25, 0.3) is 0 Å². The van der Waals surface area contributed by atoms with E-state index in [2.05, 4.69) is 27.7 Å². The van der Waals surface area contributed by atoms with Gasteiger partial charge in [0.15, 0.2) is 0 Å². The van der Waals surface area contributed by atoms with Gasteiger partial charge in [-0.3, -0.25) is 4.79 Å². The van der Waals surface area contributed by atoms with Crippen molar-refractivity contribution in [1.29, 1.82) is 0 Å². The predicted octanol–water partition coefficient (Wildman–Crippen LogP) is 3.41. The molecule has 0 aromatic carbocycles. The Balaban J connectivity index is 1.80. The van der Waals surface area contributed by atoms with Crippen LogP contribution in [0.15, 0.2) is 17.5 Å². The number of hydrogen-bond donors (Lipinski definition) is 1. The van der Waals surface area contributed by atoms with Gasteiger partial charge in [-0.25, -0.2) is 0 Å². The number of hydrogen-bond acceptors (Lipinski definition) is 3. The van der Waals surface area contributed by atoms with E-state index >= 15 is 0 Å². The molecule has 1 atom stereocenters. The van der Waals surface area contributed by atoms with Crippen molar-refractivity contribution >= 4 is 17.2 Å². The van der Waals surface area contributed by atoms with Gasteiger partial charge in [-0.1, -0.05) is 25.3 Å². The number of piperidine rings is 1. The highest BCUT2D eigenvalue weighted by Gasteiger charge is 2.44. The molecule has 1 aliphatic heterocycles. The van der Waals surface area contributed by atoms with E-state index in [-0.39, 0.29) is 5.41 Å². The van der Waals surface area contributed by atoms with Gasteiger partial charge in [0.1, 0.15) is 0 Å². The van der Waals surface area contributed by atoms with Gasteiger partial charge in [0.2, 0.25) is 5.91 Å². The second kappa shape index (κ2) is 7.14. The summed E-state index contributed by atoms with van der Waals surface area (Å²) in [5.41, 5.74) is -0.214. The normalized spacial score (nSPS) is 25.1. The molecule has 3 rings (SSSR count). The summed E-state index contributed by atoms with van der Waals surface area (Å²) < 4.78 is 0. The van der Waals surface area contributed by atoms with Crippen LogP contribution in [0.3, 0.4) is 0 Å². The van der Waals surface area contributed by atoms with Crippen molar-refractivity contribution < 1.29 is 4.79 Å². The maximum atomic E-state index is 13.4. The molecule has 0 bridgehead atoms. The molecule has 1 saturated carbocycles. The number of likely N-dealkylation sites (tertiary alicyclic amines) is 1. The standard InChI is InChI=1S/C18H28N2OS/c1-19-13-15-7-5-11-20(14-15)17(21)18(9-3-2-4-10-18)16-8-6-12-22-16/h6,8,12,15,19H,2-5,7,9-11,13-14H2,1H3. The van der Waals surface area contributed by atoms with Gasteiger partial charge < -0.3 is 10.2 Å². The molecular weight excluding hydrogens is 292 g/mol. The Bertz CT molecular complexity index is 477. The van der Waals surface area contributed by atoms with E-state index in [0.717, 1.165) is 38.9 Å². The highest BCUT2D eigenvalue weighted by atomic mass is 32.1. The second-order valence-electron chi connectivity index (χ2n) is 6.94. The minimum Gasteiger partial charge on any atom is -0.342 e. The first-order valence-electron chi connectivity index (χ1n) is 8.74. The number of carbonyl (C=O) groups excluding carboxylic acids is 1. The van der Waals surface area contributed by atoms with Crippen LogP contribution in [0.1, 0.15) is 49.8 Å². The van der Waals surface area contributed by atoms with Crippen LogP contribution >= 0.6 is 11.3 Å². The van der Waals surface area contributed by atoms with Crippen LogP contribution in [0.4, 0.5) is 0 Å². The lowest BCUT2D eigenvalue weighted by molar-refractivity contribution is -0.140. The van der Waals surface area contributed by atoms with E-state index in [1.54, 1.807) is 11.3 Å². The van der Waals surface area contributed by atoms with Gasteiger partial charge in [0.05, 0.1) is 5.41 Å². The molecular formula is C18H28N2OS. The van der Waals surface area contributed by atoms with Gasteiger partial charge in [-0.15, -0.1) is 11.3 Å². The number of nitrogens with one attached hydrogen (secondary N) is 1. The van der Waals surface area contributed by atoms with Crippen LogP contribution < -0.4 is 5.32 Å². The van der Waals surface area contributed by atoms with Gasteiger partial charge in [-0.05, 0) is 56.6 Å². The first-order valence-corrected chi connectivity index (χ1v) is 9.62. The Morgan fingerprint density at radius 1 is 1.36 bits per heavy atom. The third kappa shape index (κ3) is 3.09. The zero-order valence-electron chi connectivity index (χ0n) is 13.6. The molecule has 4 heteroatoms. The van der Waals surface area contributed by atoms with Gasteiger partial charge in [-0.2, -0.15) is 0 Å². The molecule has 1 aliphatic carbocycles. The Morgan fingerprint density at radius 2 is 2.18 bits per heavy atom. The molecule has 1 aromatic heterocycles. The third-order valence-electron chi connectivity index (χ3n) is 5.41. The molecule has 2 fully saturated rings. The van der Waals surface area contributed by atoms with Crippen molar-refractivity contribution in [2.45, 2.75) is 50.4 Å². The molecule has 1 N–H and O–H groups in total. The van der Waals surface area contributed by atoms with E-state index < -0.39 is 0 Å². The maximum absolute atomic E-state index is 13.4. The minimum absolute atomic E-state index is 0.214. The van der Waals surface area contributed by atoms with E-state index in [4.69, 9.17) is 0 Å². The zero-order chi connectivity index (χ0) is 15.4. The molecule has 22 heavy (non-hydrogen) atoms. The van der Waals surface area contributed by atoms with Crippen molar-refractivity contribution in [2.24, 2.45) is 5.92 Å². The number of rotatable bonds is 4. The molecule has 3 nitrogen and oxygen atoms in total. The molecule has 2 heterocycles. The number of nitrogens with zero attached hydrogens (tertiary/aromatic N) is 1. The number of thiophene rings is 1. The van der Waals surface area contributed by atoms with Crippen LogP contribution in [0.2, 0.25) is 0 Å². The lowest BCUT2D eigenvalue weighted by Gasteiger charge is -2.42. The quantitative estimate of drug-likeness (QED) is 0.922. The molecule has 1 amide bonds. The zero-order valence-corrected chi connectivity index (χ0v) is 14.5. The third-order valence-corrected chi connectivity index (χ3v) is 6.48. The SMILES string of the molecule is CNCC1CCCN(C(=O)C2(c3cccs3)CCCCC2)C1. The highest BCUT2D eigenvalue weighted by molar-refractivity contribution is 7.10. The average Bonchev–Trinajstić information content (AvgIpc) is 3.10. The summed E-state index contributed by atoms with van der Waals surface area (Å²) in [6.07, 6.45) is 8.14. The van der Waals surface area contributed by atoms with E-state index in [0.29, 0.717) is 11.8 Å². The Labute approximate surface area is 138 Å². The van der Waals surface area contributed by atoms with E-state index in [1.165, 1.54) is 30.6 Å². The van der Waals surface area contributed by atoms with E-state index in [1.807, 2.05) is 7.05 Å². The second-order valence-corrected chi connectivity index (χ2v) is 7.88. The summed E-state index contributed by atoms with van der Waals surface area (Å²) in [5.74, 6) is 1.03. The fourth-order valence-electron chi connectivity index (χ4n) is 4.28. The number of amides is 1. The molecule has 0 spiro atoms. The van der Waals surface area contributed by atoms with Crippen LogP contribution in [0.25, 0.3) is 0 Å². The minimum atomic E-state index is -0.214. The lowest BCUT2D eigenvalue weighted by atomic mass is 9.71. The van der Waals surface area contributed by atoms with Crippen molar-refractivity contribution in [3.8, 4) is 0 Å². The van der Waals surface area contributed by atoms with Crippen LogP contribution in [0.5, 0.6) is 0 Å². The first-order chi connectivity index (χ1) is 10.8. The van der Waals surface area contributed by atoms with Crippen molar-refractivity contribution in [1.82, 2.24) is 10.2 Å². The fraction of sp³-hybridized carbons (Fsp3) is 0.722. The Hall–Kier alpha value is -0.870. The largest absolute Gasteiger partial charge is 0.342 e. The molecule has 0 radical (unpaired) electrons. The Morgan fingerprint density at radius 3 is 2.86 bits per heavy atom. The van der Waals surface area contributed by atoms with Crippen molar-refractivity contribution in [3.63, 3.8) is 0 Å². The Kier molecular flexibility index (Phi) is 5.19. The molecule has 122 valence electrons. The summed E-state index contributed by atoms with van der Waals surface area (Å²) in [5, 5.41) is 5.40. The molecule has 1 saturated heterocycles. The van der Waals surface area contributed by atoms with Crippen molar-refractivity contribution in [2.75, 3.05) is 26.7 Å². The van der Waals surface area contributed by atoms with Crippen LogP contribution in [-0.2, 0) is 10.2 Å². The van der Waals surface area contributed by atoms with E-state index in [9.17, 15) is 4.79 Å². The maximum Gasteiger partial charge on any atom is 0.234 e. The summed E-state index contributed by atoms with van der Waals surface area (Å²) in [6.45, 7) is 2.91. The van der Waals surface area contributed by atoms with Gasteiger partial charge in [0, 0.05) is 18.0 Å². The predicted molar refractivity (Wildman–Crippen MR) is 92.3 cm³/mol. The summed E-state index contributed by atoms with van der Waals surface area (Å²) in [6, 6.07) is 4.28. The first kappa shape index (κ1) is 16.0. The number of carbonyl (C=O) groups is 1. The van der Waals surface area contributed by atoms with Crippen LogP contribution in [-0.4, -0.2) is 37.5 Å². The summed E-state index contributed by atoms with van der Waals surface area (Å²) in [7, 11) is 2.01. The molecule has 1 unspecified atom stereocenters. The van der Waals surface area contributed by atoms with Crippen LogP contribution in [0, 0.1) is 5.92 Å². The summed E-state index contributed by atoms with van der Waals surface area (Å²) >= 11 is 1.77. The lowest BCUT2D eigenvalue weighted by Crippen LogP contribution is -2.51.